The molecule has 2 unspecified atom stereocenters. The van der Waals surface area contributed by atoms with Crippen molar-refractivity contribution in [1.82, 2.24) is 31.5 Å². The van der Waals surface area contributed by atoms with E-state index in [-0.39, 0.29) is 36.5 Å². The molecule has 3 heterocycles. The SMILES string of the molecule is CCCCC1NN([C@H]2C[C@H]3C(=O)N[C@@]4(C(=O)O)C[C@H]4/C=C\CCCCC[C@@H](NC(=O)OC(C)(C)C)C(=O)N3C2)NC1C1CCCCC1. The van der Waals surface area contributed by atoms with Crippen LogP contribution in [0.3, 0.4) is 0 Å². The van der Waals surface area contributed by atoms with E-state index in [0.717, 1.165) is 38.5 Å². The van der Waals surface area contributed by atoms with E-state index in [1.54, 1.807) is 25.7 Å². The number of amides is 3. The number of carbonyl (C=O) groups excluding carboxylic acids is 3. The monoisotopic (exact) mass is 658 g/mol. The number of ether oxygens (including phenoxy) is 1. The Morgan fingerprint density at radius 1 is 1.06 bits per heavy atom. The van der Waals surface area contributed by atoms with Crippen molar-refractivity contribution in [3.05, 3.63) is 12.2 Å². The van der Waals surface area contributed by atoms with Crippen molar-refractivity contribution >= 4 is 23.9 Å². The summed E-state index contributed by atoms with van der Waals surface area (Å²) in [5, 5.41) is 17.9. The van der Waals surface area contributed by atoms with Crippen LogP contribution in [0, 0.1) is 11.8 Å². The molecule has 5 N–H and O–H groups in total. The van der Waals surface area contributed by atoms with Gasteiger partial charge in [0.25, 0.3) is 0 Å². The second-order valence-corrected chi connectivity index (χ2v) is 15.5. The molecule has 0 bridgehead atoms. The number of carboxylic acid groups (broad SMARTS) is 1. The Kier molecular flexibility index (Phi) is 11.5. The Labute approximate surface area is 280 Å². The summed E-state index contributed by atoms with van der Waals surface area (Å²) in [6.45, 7) is 7.80. The van der Waals surface area contributed by atoms with Crippen molar-refractivity contribution in [2.75, 3.05) is 6.54 Å². The zero-order chi connectivity index (χ0) is 33.8. The zero-order valence-corrected chi connectivity index (χ0v) is 28.9. The lowest BCUT2D eigenvalue weighted by atomic mass is 9.80. The molecular formula is C35H58N6O6. The summed E-state index contributed by atoms with van der Waals surface area (Å²) in [7, 11) is 0. The Morgan fingerprint density at radius 2 is 1.79 bits per heavy atom. The van der Waals surface area contributed by atoms with Crippen LogP contribution in [0.4, 0.5) is 4.79 Å². The van der Waals surface area contributed by atoms with Crippen LogP contribution in [0.15, 0.2) is 12.2 Å². The number of allylic oxidation sites excluding steroid dienone is 1. The number of nitrogens with zero attached hydrogens (tertiary/aromatic N) is 2. The first-order chi connectivity index (χ1) is 22.4. The topological polar surface area (TPSA) is 152 Å². The van der Waals surface area contributed by atoms with Crippen molar-refractivity contribution in [2.24, 2.45) is 11.8 Å². The van der Waals surface area contributed by atoms with Crippen LogP contribution >= 0.6 is 0 Å². The van der Waals surface area contributed by atoms with Crippen molar-refractivity contribution in [3.63, 3.8) is 0 Å². The highest BCUT2D eigenvalue weighted by Crippen LogP contribution is 2.45. The van der Waals surface area contributed by atoms with Gasteiger partial charge in [0.2, 0.25) is 11.8 Å². The van der Waals surface area contributed by atoms with Crippen LogP contribution in [-0.4, -0.2) is 86.9 Å². The largest absolute Gasteiger partial charge is 0.479 e. The minimum atomic E-state index is -1.36. The molecule has 3 amide bonds. The van der Waals surface area contributed by atoms with Gasteiger partial charge in [-0.2, -0.15) is 5.12 Å². The maximum atomic E-state index is 14.4. The van der Waals surface area contributed by atoms with E-state index in [1.165, 1.54) is 32.1 Å². The number of hydrazine groups is 2. The van der Waals surface area contributed by atoms with E-state index < -0.39 is 41.2 Å². The molecule has 0 aromatic rings. The number of nitrogens with one attached hydrogen (secondary N) is 4. The molecule has 5 aliphatic rings. The first kappa shape index (κ1) is 35.6. The van der Waals surface area contributed by atoms with E-state index in [9.17, 15) is 24.3 Å². The third-order valence-electron chi connectivity index (χ3n) is 10.7. The van der Waals surface area contributed by atoms with Crippen LogP contribution in [0.2, 0.25) is 0 Å². The molecule has 3 aliphatic heterocycles. The van der Waals surface area contributed by atoms with E-state index in [1.807, 2.05) is 17.3 Å². The highest BCUT2D eigenvalue weighted by molar-refractivity contribution is 5.96. The third-order valence-corrected chi connectivity index (χ3v) is 10.7. The smallest absolute Gasteiger partial charge is 0.408 e. The summed E-state index contributed by atoms with van der Waals surface area (Å²) >= 11 is 0. The summed E-state index contributed by atoms with van der Waals surface area (Å²) in [6, 6.07) is -1.43. The number of carbonyl (C=O) groups is 4. The van der Waals surface area contributed by atoms with Crippen LogP contribution in [0.25, 0.3) is 0 Å². The van der Waals surface area contributed by atoms with Gasteiger partial charge in [-0.25, -0.2) is 20.4 Å². The first-order valence-electron chi connectivity index (χ1n) is 18.3. The van der Waals surface area contributed by atoms with E-state index in [4.69, 9.17) is 4.74 Å². The number of alkyl carbamates (subject to hydrolysis) is 1. The quantitative estimate of drug-likeness (QED) is 0.254. The van der Waals surface area contributed by atoms with Gasteiger partial charge in [0.15, 0.2) is 0 Å². The number of aliphatic carboxylic acids is 1. The minimum Gasteiger partial charge on any atom is -0.479 e. The number of carboxylic acids is 1. The molecule has 7 atom stereocenters. The summed E-state index contributed by atoms with van der Waals surface area (Å²) in [5.41, 5.74) is 5.40. The van der Waals surface area contributed by atoms with Gasteiger partial charge in [-0.15, -0.1) is 0 Å². The molecule has 12 heteroatoms. The van der Waals surface area contributed by atoms with Crippen LogP contribution in [0.1, 0.15) is 124 Å². The van der Waals surface area contributed by atoms with Gasteiger partial charge in [0, 0.05) is 24.5 Å². The van der Waals surface area contributed by atoms with Crippen molar-refractivity contribution in [1.29, 1.82) is 0 Å². The van der Waals surface area contributed by atoms with E-state index >= 15 is 0 Å². The molecular weight excluding hydrogens is 600 g/mol. The fraction of sp³-hybridized carbons (Fsp3) is 0.829. The molecule has 47 heavy (non-hydrogen) atoms. The molecule has 2 saturated heterocycles. The predicted octanol–water partition coefficient (Wildman–Crippen LogP) is 4.16. The lowest BCUT2D eigenvalue weighted by Crippen LogP contribution is -2.56. The summed E-state index contributed by atoms with van der Waals surface area (Å²) in [6.07, 6.45) is 17.0. The third kappa shape index (κ3) is 8.67. The van der Waals surface area contributed by atoms with E-state index in [2.05, 4.69) is 28.4 Å². The number of unbranched alkanes of at least 4 members (excludes halogenated alkanes) is 1. The van der Waals surface area contributed by atoms with Gasteiger partial charge in [0.1, 0.15) is 23.2 Å². The molecule has 0 aromatic heterocycles. The number of fused-ring (bicyclic) bond motifs is 2. The van der Waals surface area contributed by atoms with Gasteiger partial charge in [-0.05, 0) is 78.1 Å². The molecule has 4 fully saturated rings. The molecule has 2 saturated carbocycles. The molecule has 0 spiro atoms. The maximum absolute atomic E-state index is 14.4. The average molecular weight is 659 g/mol. The van der Waals surface area contributed by atoms with Crippen molar-refractivity contribution < 1.29 is 29.0 Å². The zero-order valence-electron chi connectivity index (χ0n) is 28.9. The summed E-state index contributed by atoms with van der Waals surface area (Å²) in [4.78, 5) is 55.4. The lowest BCUT2D eigenvalue weighted by molar-refractivity contribution is -0.145. The van der Waals surface area contributed by atoms with Gasteiger partial charge < -0.3 is 25.4 Å². The molecule has 0 aromatic carbocycles. The summed E-state index contributed by atoms with van der Waals surface area (Å²) in [5.74, 6) is -1.57. The highest BCUT2D eigenvalue weighted by Gasteiger charge is 2.61. The second-order valence-electron chi connectivity index (χ2n) is 15.5. The standard InChI is InChI=1S/C35H58N6O6/c1-5-6-18-26-29(23-15-11-10-12-16-23)39-41(38-26)25-20-28-30(42)37-35(32(44)45)21-24(35)17-13-8-7-9-14-19-27(31(43)40(28)22-25)36-33(46)47-34(2,3)4/h13,17,23-29,38-39H,5-12,14-16,18-22H2,1-4H3,(H,36,46)(H,37,42)(H,44,45)/b17-13-/t24-,25+,26?,27-,28+,29?,35+/m1/s1. The lowest BCUT2D eigenvalue weighted by Gasteiger charge is -2.31. The Balaban J connectivity index is 1.40. The van der Waals surface area contributed by atoms with Gasteiger partial charge in [0.05, 0.1) is 6.04 Å². The predicted molar refractivity (Wildman–Crippen MR) is 178 cm³/mol. The van der Waals surface area contributed by atoms with Gasteiger partial charge in [-0.1, -0.05) is 64.0 Å². The van der Waals surface area contributed by atoms with Crippen molar-refractivity contribution in [2.45, 2.75) is 165 Å². The molecule has 0 radical (unpaired) electrons. The minimum absolute atomic E-state index is 0.218. The van der Waals surface area contributed by atoms with Crippen LogP contribution in [0.5, 0.6) is 0 Å². The van der Waals surface area contributed by atoms with Crippen LogP contribution < -0.4 is 21.5 Å². The summed E-state index contributed by atoms with van der Waals surface area (Å²) < 4.78 is 5.52. The first-order valence-corrected chi connectivity index (χ1v) is 18.3. The number of hydrogen-bond donors (Lipinski definition) is 5. The fourth-order valence-electron chi connectivity index (χ4n) is 8.07. The van der Waals surface area contributed by atoms with Crippen LogP contribution in [-0.2, 0) is 19.1 Å². The molecule has 5 rings (SSSR count). The van der Waals surface area contributed by atoms with E-state index in [0.29, 0.717) is 31.6 Å². The Hall–Kier alpha value is -2.70. The van der Waals surface area contributed by atoms with Gasteiger partial charge >= 0.3 is 12.1 Å². The van der Waals surface area contributed by atoms with Crippen molar-refractivity contribution in [3.8, 4) is 0 Å². The fourth-order valence-corrected chi connectivity index (χ4v) is 8.07. The number of hydrogen-bond acceptors (Lipinski definition) is 8. The Morgan fingerprint density at radius 3 is 2.49 bits per heavy atom. The highest BCUT2D eigenvalue weighted by atomic mass is 16.6. The second kappa shape index (κ2) is 15.2. The number of rotatable bonds is 7. The average Bonchev–Trinajstić information content (AvgIpc) is 3.34. The molecule has 264 valence electrons. The van der Waals surface area contributed by atoms with Gasteiger partial charge in [-0.3, -0.25) is 9.59 Å². The normalized spacial score (nSPS) is 35.2. The Bertz CT molecular complexity index is 1170. The molecule has 12 nitrogen and oxygen atoms in total. The maximum Gasteiger partial charge on any atom is 0.408 e. The molecule has 2 aliphatic carbocycles.